The third-order valence-electron chi connectivity index (χ3n) is 2.41. The molecular weight excluding hydrogens is 172 g/mol. The normalized spacial score (nSPS) is 10.5. The van der Waals surface area contributed by atoms with Crippen LogP contribution in [0.1, 0.15) is 11.1 Å². The zero-order chi connectivity index (χ0) is 10.1. The monoisotopic (exact) mass is 186 g/mol. The second-order valence-electron chi connectivity index (χ2n) is 3.72. The minimum Gasteiger partial charge on any atom is -0.275 e. The van der Waals surface area contributed by atoms with E-state index < -0.39 is 0 Å². The van der Waals surface area contributed by atoms with Gasteiger partial charge in [0.1, 0.15) is 0 Å². The van der Waals surface area contributed by atoms with E-state index in [0.29, 0.717) is 0 Å². The van der Waals surface area contributed by atoms with E-state index in [-0.39, 0.29) is 0 Å². The van der Waals surface area contributed by atoms with E-state index in [9.17, 15) is 0 Å². The van der Waals surface area contributed by atoms with E-state index in [1.807, 2.05) is 24.1 Å². The average molecular weight is 186 g/mol. The molecule has 1 aromatic carbocycles. The highest BCUT2D eigenvalue weighted by molar-refractivity contribution is 5.66. The van der Waals surface area contributed by atoms with Gasteiger partial charge >= 0.3 is 0 Å². The first-order valence-electron chi connectivity index (χ1n) is 4.73. The van der Waals surface area contributed by atoms with E-state index >= 15 is 0 Å². The largest absolute Gasteiger partial charge is 0.275 e. The standard InChI is InChI=1S/C12H14N2/c1-9-4-5-10(2)12(6-9)11-7-13-14(3)8-11/h4-8H,1-3H3. The van der Waals surface area contributed by atoms with Crippen LogP contribution in [0.25, 0.3) is 11.1 Å². The Hall–Kier alpha value is -1.57. The van der Waals surface area contributed by atoms with Crippen molar-refractivity contribution in [3.63, 3.8) is 0 Å². The minimum absolute atomic E-state index is 1.19. The summed E-state index contributed by atoms with van der Waals surface area (Å²) in [6, 6.07) is 6.49. The number of aromatic nitrogens is 2. The Morgan fingerprint density at radius 1 is 1.21 bits per heavy atom. The van der Waals surface area contributed by atoms with Crippen molar-refractivity contribution < 1.29 is 0 Å². The van der Waals surface area contributed by atoms with Gasteiger partial charge in [0.05, 0.1) is 6.20 Å². The van der Waals surface area contributed by atoms with Gasteiger partial charge in [-0.3, -0.25) is 4.68 Å². The molecule has 0 N–H and O–H groups in total. The summed E-state index contributed by atoms with van der Waals surface area (Å²) >= 11 is 0. The van der Waals surface area contributed by atoms with Crippen molar-refractivity contribution in [2.75, 3.05) is 0 Å². The lowest BCUT2D eigenvalue weighted by Gasteiger charge is -2.03. The van der Waals surface area contributed by atoms with Gasteiger partial charge in [-0.2, -0.15) is 5.10 Å². The molecule has 0 aliphatic heterocycles. The van der Waals surface area contributed by atoms with Crippen LogP contribution in [0.5, 0.6) is 0 Å². The smallest absolute Gasteiger partial charge is 0.0568 e. The molecule has 72 valence electrons. The van der Waals surface area contributed by atoms with Gasteiger partial charge in [0.15, 0.2) is 0 Å². The van der Waals surface area contributed by atoms with Crippen LogP contribution in [0, 0.1) is 13.8 Å². The van der Waals surface area contributed by atoms with Crippen molar-refractivity contribution in [1.82, 2.24) is 9.78 Å². The molecule has 0 aliphatic rings. The van der Waals surface area contributed by atoms with Crippen LogP contribution in [-0.2, 0) is 7.05 Å². The SMILES string of the molecule is Cc1ccc(C)c(-c2cnn(C)c2)c1. The Bertz CT molecular complexity index is 455. The molecular formula is C12H14N2. The summed E-state index contributed by atoms with van der Waals surface area (Å²) in [5, 5.41) is 4.18. The van der Waals surface area contributed by atoms with Crippen LogP contribution in [0.3, 0.4) is 0 Å². The van der Waals surface area contributed by atoms with Crippen molar-refractivity contribution >= 4 is 0 Å². The maximum absolute atomic E-state index is 4.18. The summed E-state index contributed by atoms with van der Waals surface area (Å²) in [4.78, 5) is 0. The molecule has 2 rings (SSSR count). The highest BCUT2D eigenvalue weighted by Crippen LogP contribution is 2.23. The minimum atomic E-state index is 1.19. The number of hydrogen-bond acceptors (Lipinski definition) is 1. The lowest BCUT2D eigenvalue weighted by molar-refractivity contribution is 0.768. The molecule has 2 aromatic rings. The van der Waals surface area contributed by atoms with Crippen molar-refractivity contribution in [2.45, 2.75) is 13.8 Å². The van der Waals surface area contributed by atoms with Gasteiger partial charge in [-0.05, 0) is 25.0 Å². The summed E-state index contributed by atoms with van der Waals surface area (Å²) in [6.45, 7) is 4.24. The van der Waals surface area contributed by atoms with Crippen LogP contribution < -0.4 is 0 Å². The van der Waals surface area contributed by atoms with Gasteiger partial charge in [0.25, 0.3) is 0 Å². The van der Waals surface area contributed by atoms with Gasteiger partial charge in [0, 0.05) is 18.8 Å². The van der Waals surface area contributed by atoms with Crippen molar-refractivity contribution in [3.05, 3.63) is 41.7 Å². The number of rotatable bonds is 1. The quantitative estimate of drug-likeness (QED) is 0.669. The number of nitrogens with zero attached hydrogens (tertiary/aromatic N) is 2. The molecule has 14 heavy (non-hydrogen) atoms. The molecule has 0 saturated heterocycles. The number of aryl methyl sites for hydroxylation is 3. The lowest BCUT2D eigenvalue weighted by Crippen LogP contribution is -1.85. The zero-order valence-corrected chi connectivity index (χ0v) is 8.78. The predicted molar refractivity (Wildman–Crippen MR) is 58.1 cm³/mol. The molecule has 0 bridgehead atoms. The van der Waals surface area contributed by atoms with Gasteiger partial charge < -0.3 is 0 Å². The van der Waals surface area contributed by atoms with Gasteiger partial charge in [-0.1, -0.05) is 23.8 Å². The third kappa shape index (κ3) is 1.55. The number of hydrogen-bond donors (Lipinski definition) is 0. The molecule has 1 heterocycles. The van der Waals surface area contributed by atoms with E-state index in [2.05, 4.69) is 37.1 Å². The molecule has 0 saturated carbocycles. The second kappa shape index (κ2) is 3.29. The first-order chi connectivity index (χ1) is 6.66. The van der Waals surface area contributed by atoms with Crippen molar-refractivity contribution in [2.24, 2.45) is 7.05 Å². The molecule has 2 nitrogen and oxygen atoms in total. The van der Waals surface area contributed by atoms with Crippen molar-refractivity contribution in [1.29, 1.82) is 0 Å². The molecule has 0 fully saturated rings. The summed E-state index contributed by atoms with van der Waals surface area (Å²) < 4.78 is 1.83. The second-order valence-corrected chi connectivity index (χ2v) is 3.72. The molecule has 0 radical (unpaired) electrons. The molecule has 0 atom stereocenters. The lowest BCUT2D eigenvalue weighted by atomic mass is 10.0. The number of benzene rings is 1. The summed E-state index contributed by atoms with van der Waals surface area (Å²) in [6.07, 6.45) is 3.95. The van der Waals surface area contributed by atoms with Crippen LogP contribution >= 0.6 is 0 Å². The van der Waals surface area contributed by atoms with Gasteiger partial charge in [-0.25, -0.2) is 0 Å². The summed E-state index contributed by atoms with van der Waals surface area (Å²) in [5.41, 5.74) is 5.05. The van der Waals surface area contributed by atoms with Gasteiger partial charge in [0.2, 0.25) is 0 Å². The fraction of sp³-hybridized carbons (Fsp3) is 0.250. The zero-order valence-electron chi connectivity index (χ0n) is 8.78. The molecule has 0 aliphatic carbocycles. The van der Waals surface area contributed by atoms with Crippen molar-refractivity contribution in [3.8, 4) is 11.1 Å². The fourth-order valence-electron chi connectivity index (χ4n) is 1.61. The Kier molecular flexibility index (Phi) is 2.12. The molecule has 2 heteroatoms. The highest BCUT2D eigenvalue weighted by atomic mass is 15.2. The Balaban J connectivity index is 2.55. The maximum atomic E-state index is 4.18. The van der Waals surface area contributed by atoms with Crippen LogP contribution in [-0.4, -0.2) is 9.78 Å². The summed E-state index contributed by atoms with van der Waals surface area (Å²) in [5.74, 6) is 0. The Morgan fingerprint density at radius 3 is 2.64 bits per heavy atom. The Labute approximate surface area is 84.2 Å². The average Bonchev–Trinajstić information content (AvgIpc) is 2.56. The van der Waals surface area contributed by atoms with Crippen LogP contribution in [0.15, 0.2) is 30.6 Å². The Morgan fingerprint density at radius 2 is 2.00 bits per heavy atom. The van der Waals surface area contributed by atoms with Crippen LogP contribution in [0.4, 0.5) is 0 Å². The topological polar surface area (TPSA) is 17.8 Å². The first-order valence-corrected chi connectivity index (χ1v) is 4.73. The van der Waals surface area contributed by atoms with E-state index in [4.69, 9.17) is 0 Å². The first kappa shape index (κ1) is 9.00. The van der Waals surface area contributed by atoms with E-state index in [1.165, 1.54) is 22.3 Å². The maximum Gasteiger partial charge on any atom is 0.0568 e. The third-order valence-corrected chi connectivity index (χ3v) is 2.41. The molecule has 0 amide bonds. The van der Waals surface area contributed by atoms with E-state index in [1.54, 1.807) is 0 Å². The predicted octanol–water partition coefficient (Wildman–Crippen LogP) is 2.70. The molecule has 0 unspecified atom stereocenters. The molecule has 1 aromatic heterocycles. The molecule has 0 spiro atoms. The summed E-state index contributed by atoms with van der Waals surface area (Å²) in [7, 11) is 1.94. The fourth-order valence-corrected chi connectivity index (χ4v) is 1.61. The van der Waals surface area contributed by atoms with Crippen LogP contribution in [0.2, 0.25) is 0 Å². The van der Waals surface area contributed by atoms with Gasteiger partial charge in [-0.15, -0.1) is 0 Å². The highest BCUT2D eigenvalue weighted by Gasteiger charge is 2.03. The van der Waals surface area contributed by atoms with E-state index in [0.717, 1.165) is 0 Å².